The minimum Gasteiger partial charge on any atom is -0.393 e. The molecule has 0 aliphatic rings. The van der Waals surface area contributed by atoms with E-state index in [-0.39, 0.29) is 18.2 Å². The van der Waals surface area contributed by atoms with Crippen molar-refractivity contribution in [3.63, 3.8) is 0 Å². The van der Waals surface area contributed by atoms with Gasteiger partial charge in [-0.1, -0.05) is 6.92 Å². The van der Waals surface area contributed by atoms with Gasteiger partial charge in [0.25, 0.3) is 0 Å². The quantitative estimate of drug-likeness (QED) is 0.805. The van der Waals surface area contributed by atoms with Crippen molar-refractivity contribution in [2.75, 3.05) is 13.6 Å². The first-order valence-corrected chi connectivity index (χ1v) is 7.95. The minimum atomic E-state index is -0.263. The third-order valence-corrected chi connectivity index (χ3v) is 4.83. The number of hydrogen-bond donors (Lipinski definition) is 2. The summed E-state index contributed by atoms with van der Waals surface area (Å²) in [7, 11) is 2.08. The number of nitrogens with zero attached hydrogens (tertiary/aromatic N) is 1. The Kier molecular flexibility index (Phi) is 6.81. The number of thiophene rings is 1. The lowest BCUT2D eigenvalue weighted by Gasteiger charge is -2.32. The Labute approximate surface area is 122 Å². The molecule has 1 aromatic rings. The lowest BCUT2D eigenvalue weighted by Crippen LogP contribution is -2.39. The molecule has 3 N–H and O–H groups in total. The highest BCUT2D eigenvalue weighted by atomic mass is 79.9. The molecule has 3 nitrogen and oxygen atoms in total. The molecular weight excluding hydrogens is 312 g/mol. The van der Waals surface area contributed by atoms with Crippen LogP contribution in [0.5, 0.6) is 0 Å². The number of rotatable bonds is 7. The van der Waals surface area contributed by atoms with Crippen LogP contribution in [0.2, 0.25) is 0 Å². The van der Waals surface area contributed by atoms with Crippen LogP contribution < -0.4 is 5.73 Å². The van der Waals surface area contributed by atoms with Crippen LogP contribution in [0.3, 0.4) is 0 Å². The molecule has 1 heterocycles. The predicted molar refractivity (Wildman–Crippen MR) is 82.0 cm³/mol. The van der Waals surface area contributed by atoms with Gasteiger partial charge in [-0.25, -0.2) is 0 Å². The van der Waals surface area contributed by atoms with Crippen molar-refractivity contribution >= 4 is 27.3 Å². The average molecular weight is 335 g/mol. The van der Waals surface area contributed by atoms with Crippen molar-refractivity contribution in [3.8, 4) is 0 Å². The van der Waals surface area contributed by atoms with Gasteiger partial charge in [0, 0.05) is 17.5 Å². The van der Waals surface area contributed by atoms with Crippen molar-refractivity contribution in [2.45, 2.75) is 44.9 Å². The van der Waals surface area contributed by atoms with E-state index >= 15 is 0 Å². The van der Waals surface area contributed by atoms with E-state index in [1.54, 1.807) is 11.3 Å². The number of hydrogen-bond acceptors (Lipinski definition) is 4. The Morgan fingerprint density at radius 1 is 1.50 bits per heavy atom. The summed E-state index contributed by atoms with van der Waals surface area (Å²) < 4.78 is 1.13. The molecule has 0 saturated heterocycles. The van der Waals surface area contributed by atoms with E-state index in [2.05, 4.69) is 46.9 Å². The van der Waals surface area contributed by atoms with Gasteiger partial charge >= 0.3 is 0 Å². The van der Waals surface area contributed by atoms with Gasteiger partial charge in [0.05, 0.1) is 15.9 Å². The highest BCUT2D eigenvalue weighted by molar-refractivity contribution is 9.11. The zero-order valence-electron chi connectivity index (χ0n) is 11.3. The third kappa shape index (κ3) is 4.63. The van der Waals surface area contributed by atoms with Gasteiger partial charge in [0.1, 0.15) is 0 Å². The molecule has 0 spiro atoms. The van der Waals surface area contributed by atoms with Crippen LogP contribution >= 0.6 is 27.3 Å². The van der Waals surface area contributed by atoms with Gasteiger partial charge in [0.15, 0.2) is 0 Å². The summed E-state index contributed by atoms with van der Waals surface area (Å²) in [5.74, 6) is 0. The molecule has 0 bridgehead atoms. The van der Waals surface area contributed by atoms with Gasteiger partial charge in [-0.3, -0.25) is 4.90 Å². The molecule has 104 valence electrons. The first kappa shape index (κ1) is 16.1. The van der Waals surface area contributed by atoms with Crippen LogP contribution in [0.25, 0.3) is 0 Å². The maximum atomic E-state index is 9.39. The summed E-state index contributed by atoms with van der Waals surface area (Å²) >= 11 is 5.24. The fourth-order valence-electron chi connectivity index (χ4n) is 2.00. The van der Waals surface area contributed by atoms with Crippen LogP contribution in [0.1, 0.15) is 37.6 Å². The fourth-order valence-corrected chi connectivity index (χ4v) is 3.66. The number of halogens is 1. The van der Waals surface area contributed by atoms with E-state index in [0.717, 1.165) is 23.2 Å². The van der Waals surface area contributed by atoms with E-state index in [9.17, 15) is 5.11 Å². The number of aliphatic hydroxyl groups is 1. The summed E-state index contributed by atoms with van der Waals surface area (Å²) in [5.41, 5.74) is 6.25. The largest absolute Gasteiger partial charge is 0.393 e. The molecule has 1 rings (SSSR count). The molecule has 0 saturated carbocycles. The maximum absolute atomic E-state index is 9.39. The Morgan fingerprint density at radius 2 is 2.17 bits per heavy atom. The van der Waals surface area contributed by atoms with Crippen molar-refractivity contribution in [1.82, 2.24) is 4.90 Å². The topological polar surface area (TPSA) is 49.5 Å². The molecule has 0 aromatic carbocycles. The van der Waals surface area contributed by atoms with Crippen LogP contribution in [0, 0.1) is 0 Å². The van der Waals surface area contributed by atoms with E-state index in [1.807, 2.05) is 6.92 Å². The molecule has 3 unspecified atom stereocenters. The standard InChI is InChI=1S/C13H23BrN2OS/c1-4-10(15)13(11-5-6-12(14)18-11)16(3)8-7-9(2)17/h5-6,9-10,13,17H,4,7-8,15H2,1-3H3. The molecule has 0 aliphatic heterocycles. The third-order valence-electron chi connectivity index (χ3n) is 3.14. The Bertz CT molecular complexity index is 357. The molecule has 1 aromatic heterocycles. The van der Waals surface area contributed by atoms with Crippen molar-refractivity contribution < 1.29 is 5.11 Å². The Morgan fingerprint density at radius 3 is 2.61 bits per heavy atom. The second-order valence-corrected chi connectivity index (χ2v) is 7.27. The summed E-state index contributed by atoms with van der Waals surface area (Å²) in [5, 5.41) is 9.39. The average Bonchev–Trinajstić information content (AvgIpc) is 2.73. The first-order valence-electron chi connectivity index (χ1n) is 6.34. The maximum Gasteiger partial charge on any atom is 0.0702 e. The molecule has 5 heteroatoms. The van der Waals surface area contributed by atoms with Crippen LogP contribution in [-0.4, -0.2) is 35.7 Å². The van der Waals surface area contributed by atoms with E-state index < -0.39 is 0 Å². The molecule has 0 fully saturated rings. The van der Waals surface area contributed by atoms with Gasteiger partial charge in [-0.15, -0.1) is 11.3 Å². The lowest BCUT2D eigenvalue weighted by molar-refractivity contribution is 0.141. The molecule has 0 radical (unpaired) electrons. The van der Waals surface area contributed by atoms with E-state index in [0.29, 0.717) is 0 Å². The second-order valence-electron chi connectivity index (χ2n) is 4.78. The number of aliphatic hydroxyl groups excluding tert-OH is 1. The van der Waals surface area contributed by atoms with Crippen LogP contribution in [0.15, 0.2) is 15.9 Å². The predicted octanol–water partition coefficient (Wildman–Crippen LogP) is 2.99. The normalized spacial score (nSPS) is 16.8. The van der Waals surface area contributed by atoms with Crippen LogP contribution in [-0.2, 0) is 0 Å². The summed E-state index contributed by atoms with van der Waals surface area (Å²) in [6, 6.07) is 4.55. The summed E-state index contributed by atoms with van der Waals surface area (Å²) in [4.78, 5) is 3.53. The molecule has 0 aliphatic carbocycles. The molecular formula is C13H23BrN2OS. The molecule has 0 amide bonds. The summed E-state index contributed by atoms with van der Waals surface area (Å²) in [6.07, 6.45) is 1.45. The zero-order valence-corrected chi connectivity index (χ0v) is 13.7. The van der Waals surface area contributed by atoms with E-state index in [4.69, 9.17) is 5.73 Å². The van der Waals surface area contributed by atoms with Gasteiger partial charge in [-0.05, 0) is 54.9 Å². The zero-order chi connectivity index (χ0) is 13.7. The van der Waals surface area contributed by atoms with Crippen molar-refractivity contribution in [3.05, 3.63) is 20.8 Å². The summed E-state index contributed by atoms with van der Waals surface area (Å²) in [6.45, 7) is 4.79. The van der Waals surface area contributed by atoms with E-state index in [1.165, 1.54) is 4.88 Å². The second kappa shape index (κ2) is 7.60. The Hall–Kier alpha value is 0.0600. The van der Waals surface area contributed by atoms with Gasteiger partial charge in [-0.2, -0.15) is 0 Å². The van der Waals surface area contributed by atoms with Crippen LogP contribution in [0.4, 0.5) is 0 Å². The minimum absolute atomic E-state index is 0.120. The highest BCUT2D eigenvalue weighted by Gasteiger charge is 2.24. The monoisotopic (exact) mass is 334 g/mol. The SMILES string of the molecule is CCC(N)C(c1ccc(Br)s1)N(C)CCC(C)O. The highest BCUT2D eigenvalue weighted by Crippen LogP contribution is 2.32. The lowest BCUT2D eigenvalue weighted by atomic mass is 10.0. The molecule has 3 atom stereocenters. The van der Waals surface area contributed by atoms with Crippen molar-refractivity contribution in [2.24, 2.45) is 5.73 Å². The number of likely N-dealkylation sites (N-methyl/N-ethyl adjacent to an activating group) is 1. The van der Waals surface area contributed by atoms with Crippen molar-refractivity contribution in [1.29, 1.82) is 0 Å². The smallest absolute Gasteiger partial charge is 0.0702 e. The first-order chi connectivity index (χ1) is 8.45. The Balaban J connectivity index is 2.78. The van der Waals surface area contributed by atoms with Gasteiger partial charge < -0.3 is 10.8 Å². The number of nitrogens with two attached hydrogens (primary N) is 1. The van der Waals surface area contributed by atoms with Gasteiger partial charge in [0.2, 0.25) is 0 Å². The fraction of sp³-hybridized carbons (Fsp3) is 0.692. The molecule has 18 heavy (non-hydrogen) atoms.